The average Bonchev–Trinajstić information content (AvgIpc) is 2.86. The van der Waals surface area contributed by atoms with Gasteiger partial charge < -0.3 is 19.4 Å². The molecular weight excluding hydrogens is 272 g/mol. The summed E-state index contributed by atoms with van der Waals surface area (Å²) in [5, 5.41) is 13.8. The lowest BCUT2D eigenvalue weighted by molar-refractivity contribution is 0.0479. The maximum atomic E-state index is 12.2. The summed E-state index contributed by atoms with van der Waals surface area (Å²) in [5.41, 5.74) is 0.709. The van der Waals surface area contributed by atoms with Gasteiger partial charge in [-0.3, -0.25) is 9.69 Å². The largest absolute Gasteiger partial charge is 0.390 e. The van der Waals surface area contributed by atoms with E-state index in [1.165, 1.54) is 11.1 Å². The fraction of sp³-hybridized carbons (Fsp3) is 0.714. The standard InChI is InChI=1S/C14H24N4O3/c1-11-8-15-21-13(11)14(20)17(3)9-12(19)10-18-6-4-16(2)5-7-18/h8,12,19H,4-7,9-10H2,1-3H3. The number of likely N-dealkylation sites (N-methyl/N-ethyl adjacent to an activating group) is 2. The highest BCUT2D eigenvalue weighted by molar-refractivity contribution is 5.92. The van der Waals surface area contributed by atoms with Gasteiger partial charge >= 0.3 is 0 Å². The molecule has 0 radical (unpaired) electrons. The van der Waals surface area contributed by atoms with Crippen molar-refractivity contribution in [3.63, 3.8) is 0 Å². The van der Waals surface area contributed by atoms with Crippen LogP contribution in [0.15, 0.2) is 10.7 Å². The molecule has 1 atom stereocenters. The van der Waals surface area contributed by atoms with E-state index in [2.05, 4.69) is 22.0 Å². The molecule has 1 aromatic heterocycles. The van der Waals surface area contributed by atoms with Gasteiger partial charge in [0, 0.05) is 51.9 Å². The zero-order valence-corrected chi connectivity index (χ0v) is 12.9. The number of piperazine rings is 1. The van der Waals surface area contributed by atoms with Crippen LogP contribution in [0.1, 0.15) is 16.1 Å². The SMILES string of the molecule is Cc1cnoc1C(=O)N(C)CC(O)CN1CCN(C)CC1. The van der Waals surface area contributed by atoms with E-state index in [9.17, 15) is 9.90 Å². The molecular formula is C14H24N4O3. The molecule has 21 heavy (non-hydrogen) atoms. The first-order valence-corrected chi connectivity index (χ1v) is 7.23. The zero-order chi connectivity index (χ0) is 15.4. The normalized spacial score (nSPS) is 18.7. The van der Waals surface area contributed by atoms with Gasteiger partial charge in [0.25, 0.3) is 5.91 Å². The van der Waals surface area contributed by atoms with Crippen LogP contribution in [0.25, 0.3) is 0 Å². The Labute approximate surface area is 125 Å². The average molecular weight is 296 g/mol. The van der Waals surface area contributed by atoms with Crippen molar-refractivity contribution in [3.8, 4) is 0 Å². The molecule has 7 nitrogen and oxygen atoms in total. The molecule has 7 heteroatoms. The van der Waals surface area contributed by atoms with E-state index in [1.54, 1.807) is 14.0 Å². The van der Waals surface area contributed by atoms with Crippen molar-refractivity contribution in [2.75, 3.05) is 53.4 Å². The number of rotatable bonds is 5. The Hall–Kier alpha value is -1.44. The number of aliphatic hydroxyl groups is 1. The topological polar surface area (TPSA) is 73.0 Å². The lowest BCUT2D eigenvalue weighted by Crippen LogP contribution is -2.49. The summed E-state index contributed by atoms with van der Waals surface area (Å²) in [6.07, 6.45) is 0.951. The predicted molar refractivity (Wildman–Crippen MR) is 78.1 cm³/mol. The number of β-amino-alcohol motifs (C(OH)–C–C–N with tert-alkyl or cyclic N) is 1. The molecule has 2 rings (SSSR count). The van der Waals surface area contributed by atoms with Gasteiger partial charge in [0.1, 0.15) is 0 Å². The second-order valence-corrected chi connectivity index (χ2v) is 5.78. The van der Waals surface area contributed by atoms with Crippen LogP contribution in [0, 0.1) is 6.92 Å². The van der Waals surface area contributed by atoms with Gasteiger partial charge in [0.15, 0.2) is 0 Å². The first-order chi connectivity index (χ1) is 9.97. The van der Waals surface area contributed by atoms with Crippen LogP contribution in [-0.2, 0) is 0 Å². The number of nitrogens with zero attached hydrogens (tertiary/aromatic N) is 4. The van der Waals surface area contributed by atoms with Gasteiger partial charge in [0.2, 0.25) is 5.76 Å². The zero-order valence-electron chi connectivity index (χ0n) is 12.9. The third kappa shape index (κ3) is 4.26. The van der Waals surface area contributed by atoms with Crippen LogP contribution in [0.5, 0.6) is 0 Å². The quantitative estimate of drug-likeness (QED) is 0.802. The van der Waals surface area contributed by atoms with E-state index >= 15 is 0 Å². The maximum absolute atomic E-state index is 12.2. The molecule has 0 aliphatic carbocycles. The predicted octanol–water partition coefficient (Wildman–Crippen LogP) is -0.337. The Morgan fingerprint density at radius 1 is 1.48 bits per heavy atom. The van der Waals surface area contributed by atoms with Crippen LogP contribution >= 0.6 is 0 Å². The van der Waals surface area contributed by atoms with Crippen LogP contribution in [0.3, 0.4) is 0 Å². The van der Waals surface area contributed by atoms with E-state index in [1.807, 2.05) is 0 Å². The Morgan fingerprint density at radius 2 is 2.14 bits per heavy atom. The van der Waals surface area contributed by atoms with Crippen molar-refractivity contribution in [1.29, 1.82) is 0 Å². The third-order valence-corrected chi connectivity index (χ3v) is 3.84. The summed E-state index contributed by atoms with van der Waals surface area (Å²) < 4.78 is 4.95. The molecule has 1 aliphatic rings. The maximum Gasteiger partial charge on any atom is 0.292 e. The van der Waals surface area contributed by atoms with Gasteiger partial charge in [-0.1, -0.05) is 5.16 Å². The molecule has 1 aliphatic heterocycles. The van der Waals surface area contributed by atoms with Crippen molar-refractivity contribution >= 4 is 5.91 Å². The van der Waals surface area contributed by atoms with Crippen molar-refractivity contribution in [3.05, 3.63) is 17.5 Å². The van der Waals surface area contributed by atoms with Crippen molar-refractivity contribution in [1.82, 2.24) is 19.9 Å². The smallest absolute Gasteiger partial charge is 0.292 e. The molecule has 0 bridgehead atoms. The number of aliphatic hydroxyl groups excluding tert-OH is 1. The Morgan fingerprint density at radius 3 is 2.71 bits per heavy atom. The molecule has 1 unspecified atom stereocenters. The van der Waals surface area contributed by atoms with E-state index < -0.39 is 6.10 Å². The summed E-state index contributed by atoms with van der Waals surface area (Å²) in [7, 11) is 3.76. The fourth-order valence-electron chi connectivity index (χ4n) is 2.46. The van der Waals surface area contributed by atoms with E-state index in [4.69, 9.17) is 4.52 Å². The minimum atomic E-state index is -0.564. The van der Waals surface area contributed by atoms with Gasteiger partial charge in [-0.25, -0.2) is 0 Å². The lowest BCUT2D eigenvalue weighted by Gasteiger charge is -2.34. The monoisotopic (exact) mass is 296 g/mol. The van der Waals surface area contributed by atoms with Crippen molar-refractivity contribution < 1.29 is 14.4 Å². The van der Waals surface area contributed by atoms with Gasteiger partial charge in [-0.2, -0.15) is 0 Å². The number of aryl methyl sites for hydroxylation is 1. The Bertz CT molecular complexity index is 469. The Kier molecular flexibility index (Phi) is 5.33. The molecule has 1 amide bonds. The molecule has 2 heterocycles. The van der Waals surface area contributed by atoms with E-state index in [0.29, 0.717) is 12.1 Å². The molecule has 1 saturated heterocycles. The lowest BCUT2D eigenvalue weighted by atomic mass is 10.2. The number of amides is 1. The molecule has 1 fully saturated rings. The van der Waals surface area contributed by atoms with Gasteiger partial charge in [0.05, 0.1) is 12.3 Å². The highest BCUT2D eigenvalue weighted by Gasteiger charge is 2.23. The van der Waals surface area contributed by atoms with Crippen LogP contribution < -0.4 is 0 Å². The van der Waals surface area contributed by atoms with Gasteiger partial charge in [-0.15, -0.1) is 0 Å². The first-order valence-electron chi connectivity index (χ1n) is 7.23. The van der Waals surface area contributed by atoms with Crippen LogP contribution in [0.4, 0.5) is 0 Å². The summed E-state index contributed by atoms with van der Waals surface area (Å²) in [4.78, 5) is 18.1. The first kappa shape index (κ1) is 15.9. The van der Waals surface area contributed by atoms with Crippen molar-refractivity contribution in [2.45, 2.75) is 13.0 Å². The second-order valence-electron chi connectivity index (χ2n) is 5.78. The van der Waals surface area contributed by atoms with Crippen LogP contribution in [-0.4, -0.2) is 90.3 Å². The molecule has 118 valence electrons. The molecule has 1 aromatic rings. The van der Waals surface area contributed by atoms with Gasteiger partial charge in [-0.05, 0) is 14.0 Å². The number of carbonyl (C=O) groups is 1. The highest BCUT2D eigenvalue weighted by atomic mass is 16.5. The molecule has 0 aromatic carbocycles. The summed E-state index contributed by atoms with van der Waals surface area (Å²) in [6.45, 7) is 6.57. The molecule has 1 N–H and O–H groups in total. The number of aromatic nitrogens is 1. The number of hydrogen-bond acceptors (Lipinski definition) is 6. The summed E-state index contributed by atoms with van der Waals surface area (Å²) in [6, 6.07) is 0. The summed E-state index contributed by atoms with van der Waals surface area (Å²) >= 11 is 0. The Balaban J connectivity index is 1.80. The number of carbonyl (C=O) groups excluding carboxylic acids is 1. The minimum absolute atomic E-state index is 0.240. The fourth-order valence-corrected chi connectivity index (χ4v) is 2.46. The molecule has 0 spiro atoms. The van der Waals surface area contributed by atoms with E-state index in [0.717, 1.165) is 26.2 Å². The van der Waals surface area contributed by atoms with Crippen molar-refractivity contribution in [2.24, 2.45) is 0 Å². The van der Waals surface area contributed by atoms with Crippen LogP contribution in [0.2, 0.25) is 0 Å². The molecule has 0 saturated carbocycles. The minimum Gasteiger partial charge on any atom is -0.390 e. The second kappa shape index (κ2) is 7.02. The highest BCUT2D eigenvalue weighted by Crippen LogP contribution is 2.09. The van der Waals surface area contributed by atoms with E-state index in [-0.39, 0.29) is 18.2 Å². The third-order valence-electron chi connectivity index (χ3n) is 3.84. The number of hydrogen-bond donors (Lipinski definition) is 1. The summed E-state index contributed by atoms with van der Waals surface area (Å²) in [5.74, 6) is -0.00766.